The molecule has 2 heterocycles. The van der Waals surface area contributed by atoms with Gasteiger partial charge in [-0.2, -0.15) is 0 Å². The van der Waals surface area contributed by atoms with Crippen LogP contribution in [0.4, 0.5) is 0 Å². The van der Waals surface area contributed by atoms with Crippen molar-refractivity contribution in [1.82, 2.24) is 14.5 Å². The third-order valence-corrected chi connectivity index (χ3v) is 2.73. The minimum atomic E-state index is -0.565. The Morgan fingerprint density at radius 3 is 2.82 bits per heavy atom. The van der Waals surface area contributed by atoms with Gasteiger partial charge >= 0.3 is 5.69 Å². The molecule has 88 valence electrons. The fourth-order valence-corrected chi connectivity index (χ4v) is 1.87. The first kappa shape index (κ1) is 11.6. The molecule has 6 heteroatoms. The number of hydrogen-bond donors (Lipinski definition) is 1. The van der Waals surface area contributed by atoms with E-state index in [1.165, 1.54) is 6.20 Å². The van der Waals surface area contributed by atoms with Crippen molar-refractivity contribution in [3.05, 3.63) is 56.1 Å². The summed E-state index contributed by atoms with van der Waals surface area (Å²) >= 11 is 5.81. The Morgan fingerprint density at radius 2 is 2.24 bits per heavy atom. The van der Waals surface area contributed by atoms with Gasteiger partial charge in [0.05, 0.1) is 17.4 Å². The number of nitrogens with zero attached hydrogens (tertiary/aromatic N) is 2. The van der Waals surface area contributed by atoms with Crippen LogP contribution >= 0.6 is 11.6 Å². The third kappa shape index (κ3) is 2.01. The molecule has 0 atom stereocenters. The van der Waals surface area contributed by atoms with Crippen molar-refractivity contribution >= 4 is 11.6 Å². The maximum atomic E-state index is 12.1. The van der Waals surface area contributed by atoms with Crippen LogP contribution in [-0.2, 0) is 6.42 Å². The van der Waals surface area contributed by atoms with Crippen LogP contribution in [0.3, 0.4) is 0 Å². The van der Waals surface area contributed by atoms with E-state index >= 15 is 0 Å². The van der Waals surface area contributed by atoms with Gasteiger partial charge < -0.3 is 0 Å². The molecule has 0 aromatic carbocycles. The molecule has 5 nitrogen and oxygen atoms in total. The number of hydrogen-bond acceptors (Lipinski definition) is 3. The Balaban J connectivity index is 2.80. The van der Waals surface area contributed by atoms with Gasteiger partial charge in [0.1, 0.15) is 5.15 Å². The van der Waals surface area contributed by atoms with Crippen molar-refractivity contribution in [1.29, 1.82) is 0 Å². The quantitative estimate of drug-likeness (QED) is 0.814. The molecule has 17 heavy (non-hydrogen) atoms. The zero-order valence-corrected chi connectivity index (χ0v) is 9.86. The van der Waals surface area contributed by atoms with Gasteiger partial charge in [0.25, 0.3) is 5.56 Å². The van der Waals surface area contributed by atoms with Gasteiger partial charge in [-0.15, -0.1) is 0 Å². The molecular formula is C11H10ClN3O2. The smallest absolute Gasteiger partial charge is 0.297 e. The fraction of sp³-hybridized carbons (Fsp3) is 0.182. The topological polar surface area (TPSA) is 67.8 Å². The van der Waals surface area contributed by atoms with E-state index in [-0.39, 0.29) is 5.15 Å². The Morgan fingerprint density at radius 1 is 1.47 bits per heavy atom. The summed E-state index contributed by atoms with van der Waals surface area (Å²) in [6.07, 6.45) is 3.47. The van der Waals surface area contributed by atoms with E-state index < -0.39 is 11.2 Å². The molecular weight excluding hydrogens is 242 g/mol. The summed E-state index contributed by atoms with van der Waals surface area (Å²) in [5.41, 5.74) is -0.167. The van der Waals surface area contributed by atoms with Crippen molar-refractivity contribution < 1.29 is 0 Å². The molecule has 0 radical (unpaired) electrons. The molecule has 0 amide bonds. The average molecular weight is 252 g/mol. The highest BCUT2D eigenvalue weighted by atomic mass is 35.5. The summed E-state index contributed by atoms with van der Waals surface area (Å²) < 4.78 is 1.03. The zero-order chi connectivity index (χ0) is 12.4. The van der Waals surface area contributed by atoms with E-state index in [1.54, 1.807) is 25.3 Å². The number of aromatic amines is 1. The molecule has 2 aromatic rings. The highest BCUT2D eigenvalue weighted by molar-refractivity contribution is 6.30. The van der Waals surface area contributed by atoms with Gasteiger partial charge in [0.2, 0.25) is 0 Å². The monoisotopic (exact) mass is 251 g/mol. The maximum Gasteiger partial charge on any atom is 0.334 e. The molecule has 1 N–H and O–H groups in total. The molecule has 0 bridgehead atoms. The fourth-order valence-electron chi connectivity index (χ4n) is 1.57. The van der Waals surface area contributed by atoms with Gasteiger partial charge in [-0.05, 0) is 18.6 Å². The van der Waals surface area contributed by atoms with E-state index in [1.807, 2.05) is 0 Å². The average Bonchev–Trinajstić information content (AvgIpc) is 2.30. The second kappa shape index (κ2) is 4.55. The Labute approximate surface area is 102 Å². The van der Waals surface area contributed by atoms with Crippen molar-refractivity contribution in [2.45, 2.75) is 13.3 Å². The van der Waals surface area contributed by atoms with Crippen LogP contribution in [0.15, 0.2) is 34.1 Å². The van der Waals surface area contributed by atoms with Crippen LogP contribution in [0.25, 0.3) is 5.69 Å². The van der Waals surface area contributed by atoms with Gasteiger partial charge in [-0.25, -0.2) is 9.36 Å². The van der Waals surface area contributed by atoms with Gasteiger partial charge in [-0.1, -0.05) is 18.5 Å². The minimum Gasteiger partial charge on any atom is -0.297 e. The summed E-state index contributed by atoms with van der Waals surface area (Å²) in [7, 11) is 0. The van der Waals surface area contributed by atoms with Crippen molar-refractivity contribution in [3.8, 4) is 5.69 Å². The first-order chi connectivity index (χ1) is 8.15. The first-order valence-electron chi connectivity index (χ1n) is 5.09. The highest BCUT2D eigenvalue weighted by Crippen LogP contribution is 2.07. The lowest BCUT2D eigenvalue weighted by Gasteiger charge is -2.06. The first-order valence-corrected chi connectivity index (χ1v) is 5.47. The second-order valence-corrected chi connectivity index (χ2v) is 3.81. The minimum absolute atomic E-state index is 0.0997. The lowest BCUT2D eigenvalue weighted by molar-refractivity contribution is 0.838. The van der Waals surface area contributed by atoms with Crippen LogP contribution in [0.1, 0.15) is 12.5 Å². The highest BCUT2D eigenvalue weighted by Gasteiger charge is 2.12. The summed E-state index contributed by atoms with van der Waals surface area (Å²) in [5.74, 6) is 0. The van der Waals surface area contributed by atoms with E-state index in [2.05, 4.69) is 9.97 Å². The Hall–Kier alpha value is -1.88. The molecule has 0 unspecified atom stereocenters. The number of nitrogens with one attached hydrogen (secondary N) is 1. The standard InChI is InChI=1S/C11H10ClN3O2/c1-2-8-9(12)14-11(17)15(10(8)16)7-4-3-5-13-6-7/h3-6H,2H2,1H3,(H,14,17). The predicted molar refractivity (Wildman–Crippen MR) is 64.8 cm³/mol. The summed E-state index contributed by atoms with van der Waals surface area (Å²) in [6, 6.07) is 3.29. The van der Waals surface area contributed by atoms with Crippen LogP contribution in [0, 0.1) is 0 Å². The molecule has 0 aliphatic rings. The molecule has 0 spiro atoms. The number of rotatable bonds is 2. The number of H-pyrrole nitrogens is 1. The maximum absolute atomic E-state index is 12.1. The van der Waals surface area contributed by atoms with Crippen LogP contribution in [-0.4, -0.2) is 14.5 Å². The molecule has 0 saturated heterocycles. The molecule has 0 aliphatic carbocycles. The second-order valence-electron chi connectivity index (χ2n) is 3.43. The SMILES string of the molecule is CCc1c(Cl)[nH]c(=O)n(-c2cccnc2)c1=O. The van der Waals surface area contributed by atoms with E-state index in [0.29, 0.717) is 17.7 Å². The van der Waals surface area contributed by atoms with E-state index in [4.69, 9.17) is 11.6 Å². The van der Waals surface area contributed by atoms with E-state index in [9.17, 15) is 9.59 Å². The normalized spacial score (nSPS) is 10.5. The van der Waals surface area contributed by atoms with Crippen LogP contribution in [0.2, 0.25) is 5.15 Å². The Kier molecular flexibility index (Phi) is 3.10. The van der Waals surface area contributed by atoms with Crippen molar-refractivity contribution in [2.24, 2.45) is 0 Å². The molecule has 0 aliphatic heterocycles. The van der Waals surface area contributed by atoms with Crippen LogP contribution in [0.5, 0.6) is 0 Å². The lowest BCUT2D eigenvalue weighted by Crippen LogP contribution is -2.36. The van der Waals surface area contributed by atoms with Crippen LogP contribution < -0.4 is 11.2 Å². The Bertz CT molecular complexity index is 646. The summed E-state index contributed by atoms with van der Waals surface area (Å²) in [4.78, 5) is 30.1. The third-order valence-electron chi connectivity index (χ3n) is 2.40. The van der Waals surface area contributed by atoms with Crippen molar-refractivity contribution in [3.63, 3.8) is 0 Å². The number of pyridine rings is 1. The zero-order valence-electron chi connectivity index (χ0n) is 9.11. The molecule has 0 fully saturated rings. The number of halogens is 1. The predicted octanol–water partition coefficient (Wildman–Crippen LogP) is 1.14. The largest absolute Gasteiger partial charge is 0.334 e. The van der Waals surface area contributed by atoms with Gasteiger partial charge in [0, 0.05) is 6.20 Å². The van der Waals surface area contributed by atoms with Crippen molar-refractivity contribution in [2.75, 3.05) is 0 Å². The lowest BCUT2D eigenvalue weighted by atomic mass is 10.2. The summed E-state index contributed by atoms with van der Waals surface area (Å²) in [5, 5.41) is 0.0997. The van der Waals surface area contributed by atoms with E-state index in [0.717, 1.165) is 4.57 Å². The molecule has 2 aromatic heterocycles. The van der Waals surface area contributed by atoms with Gasteiger partial charge in [-0.3, -0.25) is 14.8 Å². The molecule has 2 rings (SSSR count). The summed E-state index contributed by atoms with van der Waals surface area (Å²) in [6.45, 7) is 1.80. The number of aromatic nitrogens is 3. The molecule has 0 saturated carbocycles. The van der Waals surface area contributed by atoms with Gasteiger partial charge in [0.15, 0.2) is 0 Å².